The van der Waals surface area contributed by atoms with E-state index < -0.39 is 36.0 Å². The maximum atomic E-state index is 13.8. The molecule has 4 rings (SSSR count). The number of aromatic nitrogens is 1. The Labute approximate surface area is 291 Å². The normalized spacial score (nSPS) is 16.5. The lowest BCUT2D eigenvalue weighted by molar-refractivity contribution is -0.143. The maximum Gasteiger partial charge on any atom is 0.409 e. The molecule has 2 atom stereocenters. The summed E-state index contributed by atoms with van der Waals surface area (Å²) >= 11 is 0. The standard InChI is InChI=1S/C35H48N6O9/c1-5-14-36-33(45)28-9-8-15-41(28)30(42)22-50-29-21-27(37-26-20-23(4)10-11-24(26)29)32(44)38-25(12-13-31(43)48-6-2)34(46)39-16-18-40(19-17-39)35(47)49-7-3/h10-11,20-21,25,28H,5-9,12-19,22H2,1-4H3,(H,36,45)(H,38,44). The van der Waals surface area contributed by atoms with Gasteiger partial charge in [0.1, 0.15) is 23.5 Å². The summed E-state index contributed by atoms with van der Waals surface area (Å²) in [6, 6.07) is 5.19. The fraction of sp³-hybridized carbons (Fsp3) is 0.571. The number of nitrogens with one attached hydrogen (secondary N) is 2. The van der Waals surface area contributed by atoms with Crippen molar-refractivity contribution >= 4 is 46.6 Å². The summed E-state index contributed by atoms with van der Waals surface area (Å²) in [6.45, 7) is 9.22. The lowest BCUT2D eigenvalue weighted by Crippen LogP contribution is -2.56. The largest absolute Gasteiger partial charge is 0.483 e. The molecule has 0 saturated carbocycles. The number of nitrogens with zero attached hydrogens (tertiary/aromatic N) is 4. The van der Waals surface area contributed by atoms with Gasteiger partial charge in [0.25, 0.3) is 11.8 Å². The topological polar surface area (TPSA) is 177 Å². The van der Waals surface area contributed by atoms with E-state index in [1.54, 1.807) is 26.0 Å². The van der Waals surface area contributed by atoms with Gasteiger partial charge in [-0.3, -0.25) is 24.0 Å². The molecule has 0 aliphatic carbocycles. The van der Waals surface area contributed by atoms with Gasteiger partial charge in [-0.1, -0.05) is 13.0 Å². The van der Waals surface area contributed by atoms with Crippen molar-refractivity contribution in [3.05, 3.63) is 35.5 Å². The number of carbonyl (C=O) groups is 6. The van der Waals surface area contributed by atoms with E-state index in [-0.39, 0.29) is 82.1 Å². The van der Waals surface area contributed by atoms with E-state index in [9.17, 15) is 28.8 Å². The average molecular weight is 697 g/mol. The summed E-state index contributed by atoms with van der Waals surface area (Å²) in [6.07, 6.45) is 1.47. The number of ether oxygens (including phenoxy) is 3. The van der Waals surface area contributed by atoms with Crippen LogP contribution in [0.1, 0.15) is 68.9 Å². The molecule has 15 nitrogen and oxygen atoms in total. The molecule has 2 aliphatic rings. The summed E-state index contributed by atoms with van der Waals surface area (Å²) in [5.74, 6) is -1.89. The summed E-state index contributed by atoms with van der Waals surface area (Å²) in [4.78, 5) is 86.9. The Morgan fingerprint density at radius 2 is 1.66 bits per heavy atom. The van der Waals surface area contributed by atoms with E-state index in [4.69, 9.17) is 14.2 Å². The van der Waals surface area contributed by atoms with Crippen LogP contribution in [0, 0.1) is 6.92 Å². The molecule has 1 aromatic carbocycles. The molecule has 3 heterocycles. The van der Waals surface area contributed by atoms with E-state index in [2.05, 4.69) is 15.6 Å². The molecule has 2 saturated heterocycles. The van der Waals surface area contributed by atoms with Crippen LogP contribution in [0.4, 0.5) is 4.79 Å². The quantitative estimate of drug-likeness (QED) is 0.279. The molecule has 15 heteroatoms. The smallest absolute Gasteiger partial charge is 0.409 e. The molecule has 0 spiro atoms. The van der Waals surface area contributed by atoms with E-state index in [0.717, 1.165) is 12.0 Å². The van der Waals surface area contributed by atoms with Gasteiger partial charge in [-0.05, 0) is 64.2 Å². The number of carbonyl (C=O) groups excluding carboxylic acids is 6. The molecule has 50 heavy (non-hydrogen) atoms. The van der Waals surface area contributed by atoms with Crippen molar-refractivity contribution in [1.82, 2.24) is 30.3 Å². The third-order valence-corrected chi connectivity index (χ3v) is 8.60. The number of aryl methyl sites for hydroxylation is 1. The molecule has 2 N–H and O–H groups in total. The molecule has 2 fully saturated rings. The molecule has 1 aromatic heterocycles. The van der Waals surface area contributed by atoms with Crippen LogP contribution in [-0.2, 0) is 28.7 Å². The first-order valence-corrected chi connectivity index (χ1v) is 17.3. The number of hydrogen-bond donors (Lipinski definition) is 2. The van der Waals surface area contributed by atoms with E-state index >= 15 is 0 Å². The van der Waals surface area contributed by atoms with Crippen LogP contribution < -0.4 is 15.4 Å². The Hall–Kier alpha value is -4.95. The Balaban J connectivity index is 1.52. The zero-order chi connectivity index (χ0) is 36.2. The minimum absolute atomic E-state index is 0.0190. The highest BCUT2D eigenvalue weighted by Gasteiger charge is 2.35. The van der Waals surface area contributed by atoms with Crippen molar-refractivity contribution < 1.29 is 43.0 Å². The molecule has 272 valence electrons. The monoisotopic (exact) mass is 696 g/mol. The number of likely N-dealkylation sites (tertiary alicyclic amines) is 1. The Kier molecular flexibility index (Phi) is 13.8. The molecular formula is C35H48N6O9. The summed E-state index contributed by atoms with van der Waals surface area (Å²) in [7, 11) is 0. The number of esters is 1. The molecule has 0 bridgehead atoms. The first-order chi connectivity index (χ1) is 24.1. The second-order valence-electron chi connectivity index (χ2n) is 12.2. The number of pyridine rings is 1. The van der Waals surface area contributed by atoms with E-state index in [1.807, 2.05) is 19.9 Å². The Morgan fingerprint density at radius 1 is 0.940 bits per heavy atom. The zero-order valence-corrected chi connectivity index (χ0v) is 29.3. The average Bonchev–Trinajstić information content (AvgIpc) is 3.61. The number of fused-ring (bicyclic) bond motifs is 1. The van der Waals surface area contributed by atoms with Crippen LogP contribution in [-0.4, -0.2) is 127 Å². The van der Waals surface area contributed by atoms with Gasteiger partial charge in [-0.15, -0.1) is 0 Å². The van der Waals surface area contributed by atoms with Gasteiger partial charge in [-0.25, -0.2) is 9.78 Å². The van der Waals surface area contributed by atoms with Gasteiger partial charge in [0.15, 0.2) is 6.61 Å². The Morgan fingerprint density at radius 3 is 2.36 bits per heavy atom. The van der Waals surface area contributed by atoms with Crippen molar-refractivity contribution in [1.29, 1.82) is 0 Å². The predicted octanol–water partition coefficient (Wildman–Crippen LogP) is 2.18. The van der Waals surface area contributed by atoms with Crippen LogP contribution in [0.5, 0.6) is 5.75 Å². The highest BCUT2D eigenvalue weighted by molar-refractivity contribution is 5.99. The minimum atomic E-state index is -1.09. The lowest BCUT2D eigenvalue weighted by Gasteiger charge is -2.36. The SMILES string of the molecule is CCCNC(=O)C1CCCN1C(=O)COc1cc(C(=O)NC(CCC(=O)OCC)C(=O)N2CCN(C(=O)OCC)CC2)nc2cc(C)ccc12. The molecule has 2 aromatic rings. The van der Waals surface area contributed by atoms with E-state index in [0.29, 0.717) is 36.8 Å². The van der Waals surface area contributed by atoms with Gasteiger partial charge in [0.2, 0.25) is 11.8 Å². The third kappa shape index (κ3) is 9.82. The number of rotatable bonds is 14. The highest BCUT2D eigenvalue weighted by atomic mass is 16.6. The first-order valence-electron chi connectivity index (χ1n) is 17.3. The van der Waals surface area contributed by atoms with Gasteiger partial charge in [-0.2, -0.15) is 0 Å². The van der Waals surface area contributed by atoms with Gasteiger partial charge < -0.3 is 39.5 Å². The van der Waals surface area contributed by atoms with Crippen molar-refractivity contribution in [2.24, 2.45) is 0 Å². The molecule has 5 amide bonds. The van der Waals surface area contributed by atoms with Crippen molar-refractivity contribution in [2.45, 2.75) is 71.9 Å². The third-order valence-electron chi connectivity index (χ3n) is 8.60. The van der Waals surface area contributed by atoms with Crippen molar-refractivity contribution in [2.75, 3.05) is 59.1 Å². The number of piperazine rings is 1. The van der Waals surface area contributed by atoms with Crippen molar-refractivity contribution in [3.8, 4) is 5.75 Å². The summed E-state index contributed by atoms with van der Waals surface area (Å²) < 4.78 is 16.1. The second kappa shape index (κ2) is 18.2. The molecule has 2 aliphatic heterocycles. The van der Waals surface area contributed by atoms with Crippen LogP contribution >= 0.6 is 0 Å². The van der Waals surface area contributed by atoms with Crippen LogP contribution in [0.3, 0.4) is 0 Å². The maximum absolute atomic E-state index is 13.8. The van der Waals surface area contributed by atoms with Gasteiger partial charge in [0, 0.05) is 57.1 Å². The summed E-state index contributed by atoms with van der Waals surface area (Å²) in [5, 5.41) is 6.19. The number of amides is 5. The van der Waals surface area contributed by atoms with Crippen LogP contribution in [0.25, 0.3) is 10.9 Å². The van der Waals surface area contributed by atoms with Crippen LogP contribution in [0.15, 0.2) is 24.3 Å². The lowest BCUT2D eigenvalue weighted by atomic mass is 10.1. The number of benzene rings is 1. The van der Waals surface area contributed by atoms with E-state index in [1.165, 1.54) is 20.8 Å². The molecule has 0 radical (unpaired) electrons. The fourth-order valence-corrected chi connectivity index (χ4v) is 6.00. The number of hydrogen-bond acceptors (Lipinski definition) is 10. The fourth-order valence-electron chi connectivity index (χ4n) is 6.00. The first kappa shape index (κ1) is 37.9. The van der Waals surface area contributed by atoms with Gasteiger partial charge >= 0.3 is 12.1 Å². The highest BCUT2D eigenvalue weighted by Crippen LogP contribution is 2.27. The summed E-state index contributed by atoms with van der Waals surface area (Å²) in [5.41, 5.74) is 1.28. The van der Waals surface area contributed by atoms with Gasteiger partial charge in [0.05, 0.1) is 18.7 Å². The predicted molar refractivity (Wildman–Crippen MR) is 182 cm³/mol. The van der Waals surface area contributed by atoms with Crippen molar-refractivity contribution in [3.63, 3.8) is 0 Å². The molecule has 2 unspecified atom stereocenters. The Bertz CT molecular complexity index is 1560. The zero-order valence-electron chi connectivity index (χ0n) is 29.3. The second-order valence-corrected chi connectivity index (χ2v) is 12.2. The van der Waals surface area contributed by atoms with Crippen LogP contribution in [0.2, 0.25) is 0 Å². The minimum Gasteiger partial charge on any atom is -0.483 e. The molecular weight excluding hydrogens is 648 g/mol.